The standard InChI is InChI=1S/C15H15F3N2O/c16-15(17,18)12-3-1-2-4-13(12)20-14(21)11-7-5-10(9-19)6-8-11/h5-8,12-13H,1-4H2,(H,20,21). The molecule has 0 aliphatic heterocycles. The molecule has 2 atom stereocenters. The molecule has 0 spiro atoms. The summed E-state index contributed by atoms with van der Waals surface area (Å²) in [6.07, 6.45) is -2.67. The number of rotatable bonds is 2. The first-order valence-corrected chi connectivity index (χ1v) is 6.79. The van der Waals surface area contributed by atoms with Gasteiger partial charge in [0.2, 0.25) is 0 Å². The summed E-state index contributed by atoms with van der Waals surface area (Å²) in [5.41, 5.74) is 0.665. The summed E-state index contributed by atoms with van der Waals surface area (Å²) in [6, 6.07) is 6.87. The molecule has 1 amide bonds. The van der Waals surface area contributed by atoms with Crippen molar-refractivity contribution in [3.63, 3.8) is 0 Å². The largest absolute Gasteiger partial charge is 0.393 e. The van der Waals surface area contributed by atoms with Crippen molar-refractivity contribution in [1.82, 2.24) is 5.32 Å². The molecule has 1 N–H and O–H groups in total. The summed E-state index contributed by atoms with van der Waals surface area (Å²) >= 11 is 0. The second kappa shape index (κ2) is 6.17. The number of hydrogen-bond donors (Lipinski definition) is 1. The molecule has 1 aliphatic rings. The first-order chi connectivity index (χ1) is 9.91. The monoisotopic (exact) mass is 296 g/mol. The van der Waals surface area contributed by atoms with Crippen LogP contribution < -0.4 is 5.32 Å². The topological polar surface area (TPSA) is 52.9 Å². The Balaban J connectivity index is 2.08. The molecule has 0 saturated heterocycles. The van der Waals surface area contributed by atoms with E-state index in [0.717, 1.165) is 0 Å². The molecule has 3 nitrogen and oxygen atoms in total. The average molecular weight is 296 g/mol. The fourth-order valence-electron chi connectivity index (χ4n) is 2.64. The molecule has 112 valence electrons. The van der Waals surface area contributed by atoms with E-state index in [4.69, 9.17) is 5.26 Å². The van der Waals surface area contributed by atoms with Crippen LogP contribution in [0.1, 0.15) is 41.6 Å². The van der Waals surface area contributed by atoms with Gasteiger partial charge >= 0.3 is 6.18 Å². The van der Waals surface area contributed by atoms with Crippen LogP contribution in [0.4, 0.5) is 13.2 Å². The maximum Gasteiger partial charge on any atom is 0.393 e. The third-order valence-corrected chi connectivity index (χ3v) is 3.78. The zero-order valence-electron chi connectivity index (χ0n) is 11.3. The maximum atomic E-state index is 13.0. The van der Waals surface area contributed by atoms with Gasteiger partial charge in [-0.05, 0) is 37.1 Å². The molecule has 0 heterocycles. The summed E-state index contributed by atoms with van der Waals surface area (Å²) in [6.45, 7) is 0. The minimum atomic E-state index is -4.29. The van der Waals surface area contributed by atoms with Gasteiger partial charge in [-0.3, -0.25) is 4.79 Å². The number of nitrogens with zero attached hydrogens (tertiary/aromatic N) is 1. The molecule has 1 aromatic carbocycles. The lowest BCUT2D eigenvalue weighted by Crippen LogP contribution is -2.47. The van der Waals surface area contributed by atoms with Gasteiger partial charge in [-0.25, -0.2) is 0 Å². The number of benzene rings is 1. The fourth-order valence-corrected chi connectivity index (χ4v) is 2.64. The molecule has 1 fully saturated rings. The second-order valence-corrected chi connectivity index (χ2v) is 5.20. The lowest BCUT2D eigenvalue weighted by Gasteiger charge is -2.33. The number of hydrogen-bond acceptors (Lipinski definition) is 2. The van der Waals surface area contributed by atoms with Crippen LogP contribution >= 0.6 is 0 Å². The van der Waals surface area contributed by atoms with Crippen molar-refractivity contribution < 1.29 is 18.0 Å². The van der Waals surface area contributed by atoms with E-state index in [0.29, 0.717) is 24.8 Å². The van der Waals surface area contributed by atoms with Gasteiger partial charge in [-0.2, -0.15) is 18.4 Å². The van der Waals surface area contributed by atoms with Gasteiger partial charge in [0.05, 0.1) is 17.6 Å². The summed E-state index contributed by atoms with van der Waals surface area (Å²) < 4.78 is 38.9. The highest BCUT2D eigenvalue weighted by Crippen LogP contribution is 2.37. The van der Waals surface area contributed by atoms with Gasteiger partial charge < -0.3 is 5.32 Å². The van der Waals surface area contributed by atoms with Gasteiger partial charge in [-0.1, -0.05) is 12.8 Å². The predicted molar refractivity (Wildman–Crippen MR) is 70.4 cm³/mol. The van der Waals surface area contributed by atoms with Gasteiger partial charge in [0.25, 0.3) is 5.91 Å². The van der Waals surface area contributed by atoms with Crippen LogP contribution in [0, 0.1) is 17.2 Å². The van der Waals surface area contributed by atoms with Gasteiger partial charge in [0.1, 0.15) is 0 Å². The van der Waals surface area contributed by atoms with Crippen molar-refractivity contribution in [3.05, 3.63) is 35.4 Å². The molecule has 21 heavy (non-hydrogen) atoms. The van der Waals surface area contributed by atoms with Crippen LogP contribution in [0.15, 0.2) is 24.3 Å². The van der Waals surface area contributed by atoms with Gasteiger partial charge in [0, 0.05) is 11.6 Å². The number of carbonyl (C=O) groups excluding carboxylic acids is 1. The second-order valence-electron chi connectivity index (χ2n) is 5.20. The fraction of sp³-hybridized carbons (Fsp3) is 0.467. The smallest absolute Gasteiger partial charge is 0.349 e. The Morgan fingerprint density at radius 1 is 1.19 bits per heavy atom. The van der Waals surface area contributed by atoms with Crippen LogP contribution in [-0.4, -0.2) is 18.1 Å². The molecule has 1 aliphatic carbocycles. The molecule has 1 aromatic rings. The first kappa shape index (κ1) is 15.4. The number of nitriles is 1. The van der Waals surface area contributed by atoms with E-state index < -0.39 is 24.0 Å². The predicted octanol–water partition coefficient (Wildman–Crippen LogP) is 3.41. The molecule has 2 unspecified atom stereocenters. The Morgan fingerprint density at radius 3 is 2.38 bits per heavy atom. The van der Waals surface area contributed by atoms with Gasteiger partial charge in [-0.15, -0.1) is 0 Å². The number of nitrogens with one attached hydrogen (secondary N) is 1. The minimum Gasteiger partial charge on any atom is -0.349 e. The summed E-state index contributed by atoms with van der Waals surface area (Å²) in [7, 11) is 0. The van der Waals surface area contributed by atoms with Crippen molar-refractivity contribution in [2.75, 3.05) is 0 Å². The third kappa shape index (κ3) is 3.75. The van der Waals surface area contributed by atoms with Crippen LogP contribution in [0.5, 0.6) is 0 Å². The molecule has 0 bridgehead atoms. The number of halogens is 3. The van der Waals surface area contributed by atoms with Crippen LogP contribution in [0.3, 0.4) is 0 Å². The van der Waals surface area contributed by atoms with Crippen LogP contribution in [0.25, 0.3) is 0 Å². The Labute approximate surface area is 120 Å². The van der Waals surface area contributed by atoms with E-state index >= 15 is 0 Å². The zero-order valence-corrected chi connectivity index (χ0v) is 11.3. The SMILES string of the molecule is N#Cc1ccc(C(=O)NC2CCCCC2C(F)(F)F)cc1. The van der Waals surface area contributed by atoms with Crippen LogP contribution in [-0.2, 0) is 0 Å². The lowest BCUT2D eigenvalue weighted by molar-refractivity contribution is -0.187. The van der Waals surface area contributed by atoms with Crippen molar-refractivity contribution in [2.45, 2.75) is 37.9 Å². The van der Waals surface area contributed by atoms with Crippen molar-refractivity contribution in [1.29, 1.82) is 5.26 Å². The number of amides is 1. The summed E-state index contributed by atoms with van der Waals surface area (Å²) in [5.74, 6) is -2.01. The average Bonchev–Trinajstić information content (AvgIpc) is 2.47. The number of alkyl halides is 3. The molecule has 1 saturated carbocycles. The van der Waals surface area contributed by atoms with E-state index in [1.807, 2.05) is 6.07 Å². The highest BCUT2D eigenvalue weighted by Gasteiger charge is 2.45. The summed E-state index contributed by atoms with van der Waals surface area (Å²) in [4.78, 5) is 12.0. The molecule has 2 rings (SSSR count). The third-order valence-electron chi connectivity index (χ3n) is 3.78. The molecular weight excluding hydrogens is 281 g/mol. The van der Waals surface area contributed by atoms with Crippen LogP contribution in [0.2, 0.25) is 0 Å². The van der Waals surface area contributed by atoms with Gasteiger partial charge in [0.15, 0.2) is 0 Å². The van der Waals surface area contributed by atoms with Crippen molar-refractivity contribution in [3.8, 4) is 6.07 Å². The normalized spacial score (nSPS) is 22.4. The van der Waals surface area contributed by atoms with Crippen molar-refractivity contribution >= 4 is 5.91 Å². The van der Waals surface area contributed by atoms with E-state index in [9.17, 15) is 18.0 Å². The zero-order chi connectivity index (χ0) is 15.5. The highest BCUT2D eigenvalue weighted by molar-refractivity contribution is 5.94. The van der Waals surface area contributed by atoms with Crippen molar-refractivity contribution in [2.24, 2.45) is 5.92 Å². The van der Waals surface area contributed by atoms with E-state index in [-0.39, 0.29) is 12.0 Å². The quantitative estimate of drug-likeness (QED) is 0.909. The molecular formula is C15H15F3N2O. The minimum absolute atomic E-state index is 0.0574. The Morgan fingerprint density at radius 2 is 1.81 bits per heavy atom. The summed E-state index contributed by atoms with van der Waals surface area (Å²) in [5, 5.41) is 11.2. The maximum absolute atomic E-state index is 13.0. The number of carbonyl (C=O) groups is 1. The molecule has 0 radical (unpaired) electrons. The van der Waals surface area contributed by atoms with E-state index in [2.05, 4.69) is 5.32 Å². The Kier molecular flexibility index (Phi) is 4.51. The van der Waals surface area contributed by atoms with E-state index in [1.54, 1.807) is 0 Å². The Hall–Kier alpha value is -2.03. The first-order valence-electron chi connectivity index (χ1n) is 6.79. The molecule has 6 heteroatoms. The highest BCUT2D eigenvalue weighted by atomic mass is 19.4. The van der Waals surface area contributed by atoms with E-state index in [1.165, 1.54) is 24.3 Å². The Bertz CT molecular complexity index is 546. The lowest BCUT2D eigenvalue weighted by atomic mass is 9.84. The molecule has 0 aromatic heterocycles.